The van der Waals surface area contributed by atoms with Gasteiger partial charge in [-0.1, -0.05) is 48.1 Å². The minimum atomic E-state index is -0.454. The molecule has 8 nitrogen and oxygen atoms in total. The molecule has 2 aromatic carbocycles. The van der Waals surface area contributed by atoms with Crippen molar-refractivity contribution in [3.8, 4) is 0 Å². The number of carbonyl (C=O) groups excluding carboxylic acids is 3. The van der Waals surface area contributed by atoms with Crippen LogP contribution in [0.15, 0.2) is 48.5 Å². The van der Waals surface area contributed by atoms with E-state index in [1.54, 1.807) is 29.2 Å². The number of carbonyl (C=O) groups is 3. The van der Waals surface area contributed by atoms with Gasteiger partial charge in [-0.15, -0.1) is 10.2 Å². The van der Waals surface area contributed by atoms with Crippen molar-refractivity contribution in [3.63, 3.8) is 0 Å². The van der Waals surface area contributed by atoms with Crippen LogP contribution in [0.25, 0.3) is 0 Å². The van der Waals surface area contributed by atoms with E-state index in [-0.39, 0.29) is 27.7 Å². The molecule has 3 amide bonds. The fourth-order valence-corrected chi connectivity index (χ4v) is 4.65. The van der Waals surface area contributed by atoms with E-state index in [0.717, 1.165) is 29.0 Å². The van der Waals surface area contributed by atoms with Crippen LogP contribution >= 0.6 is 22.9 Å². The van der Waals surface area contributed by atoms with Crippen LogP contribution in [0.5, 0.6) is 0 Å². The minimum Gasteiger partial charge on any atom is -0.336 e. The second kappa shape index (κ2) is 10.8. The molecule has 3 aromatic rings. The molecule has 4 rings (SSSR count). The normalized spacial score (nSPS) is 15.6. The lowest BCUT2D eigenvalue weighted by Crippen LogP contribution is -2.43. The molecule has 1 fully saturated rings. The van der Waals surface area contributed by atoms with Crippen molar-refractivity contribution in [2.75, 3.05) is 23.7 Å². The van der Waals surface area contributed by atoms with E-state index in [0.29, 0.717) is 36.6 Å². The summed E-state index contributed by atoms with van der Waals surface area (Å²) in [7, 11) is 0. The van der Waals surface area contributed by atoms with Crippen molar-refractivity contribution >= 4 is 52.0 Å². The van der Waals surface area contributed by atoms with Gasteiger partial charge >= 0.3 is 0 Å². The Bertz CT molecular complexity index is 1200. The van der Waals surface area contributed by atoms with E-state index in [1.807, 2.05) is 31.2 Å². The molecule has 1 atom stereocenters. The van der Waals surface area contributed by atoms with E-state index in [1.165, 1.54) is 0 Å². The Morgan fingerprint density at radius 1 is 1.06 bits per heavy atom. The van der Waals surface area contributed by atoms with Crippen LogP contribution < -0.4 is 10.6 Å². The smallest absolute Gasteiger partial charge is 0.286 e. The largest absolute Gasteiger partial charge is 0.336 e. The average molecular weight is 498 g/mol. The van der Waals surface area contributed by atoms with E-state index in [2.05, 4.69) is 20.8 Å². The summed E-state index contributed by atoms with van der Waals surface area (Å²) in [4.78, 5) is 40.0. The third kappa shape index (κ3) is 5.60. The van der Waals surface area contributed by atoms with Crippen molar-refractivity contribution in [1.82, 2.24) is 15.1 Å². The van der Waals surface area contributed by atoms with Gasteiger partial charge in [0.15, 0.2) is 0 Å². The summed E-state index contributed by atoms with van der Waals surface area (Å²) in [6.07, 6.45) is 2.23. The number of anilines is 2. The fourth-order valence-electron chi connectivity index (χ4n) is 3.82. The molecular weight excluding hydrogens is 474 g/mol. The molecular formula is C24H24ClN5O3S. The lowest BCUT2D eigenvalue weighted by atomic mass is 9.96. The van der Waals surface area contributed by atoms with E-state index in [9.17, 15) is 14.4 Å². The molecule has 1 aromatic heterocycles. The summed E-state index contributed by atoms with van der Waals surface area (Å²) in [5, 5.41) is 14.3. The summed E-state index contributed by atoms with van der Waals surface area (Å²) < 4.78 is 0. The Labute approximate surface area is 206 Å². The van der Waals surface area contributed by atoms with Gasteiger partial charge in [-0.3, -0.25) is 14.4 Å². The number of para-hydroxylation sites is 1. The van der Waals surface area contributed by atoms with Crippen molar-refractivity contribution < 1.29 is 14.4 Å². The summed E-state index contributed by atoms with van der Waals surface area (Å²) in [5.41, 5.74) is 2.43. The molecule has 10 heteroatoms. The van der Waals surface area contributed by atoms with Gasteiger partial charge < -0.3 is 15.5 Å². The maximum absolute atomic E-state index is 13.0. The van der Waals surface area contributed by atoms with E-state index >= 15 is 0 Å². The van der Waals surface area contributed by atoms with Crippen LogP contribution in [0.4, 0.5) is 11.4 Å². The van der Waals surface area contributed by atoms with Crippen LogP contribution in [0.3, 0.4) is 0 Å². The monoisotopic (exact) mass is 497 g/mol. The van der Waals surface area contributed by atoms with Crippen LogP contribution in [-0.2, 0) is 11.2 Å². The lowest BCUT2D eigenvalue weighted by Gasteiger charge is -2.31. The first-order valence-corrected chi connectivity index (χ1v) is 12.2. The standard InChI is InChI=1S/C24H24ClN5O3S/c1-2-15-6-3-4-8-19(15)27-20(31)16-7-5-13-30(14-16)24(33)23-29-28-22(34-23)21(32)26-18-11-9-17(25)10-12-18/h3-4,6,8-12,16H,2,5,7,13-14H2,1H3,(H,26,32)(H,27,31)/t16-/m0/s1. The number of aromatic nitrogens is 2. The number of nitrogens with one attached hydrogen (secondary N) is 2. The van der Waals surface area contributed by atoms with Gasteiger partial charge in [0.25, 0.3) is 11.8 Å². The van der Waals surface area contributed by atoms with Gasteiger partial charge in [0.1, 0.15) is 0 Å². The first kappa shape index (κ1) is 23.8. The molecule has 2 N–H and O–H groups in total. The number of benzene rings is 2. The molecule has 34 heavy (non-hydrogen) atoms. The number of piperidine rings is 1. The number of hydrogen-bond donors (Lipinski definition) is 2. The number of rotatable bonds is 6. The second-order valence-electron chi connectivity index (χ2n) is 7.96. The first-order chi connectivity index (χ1) is 16.4. The fraction of sp³-hybridized carbons (Fsp3) is 0.292. The number of amides is 3. The number of hydrogen-bond acceptors (Lipinski definition) is 6. The van der Waals surface area contributed by atoms with Crippen LogP contribution in [0, 0.1) is 5.92 Å². The Kier molecular flexibility index (Phi) is 7.54. The maximum atomic E-state index is 13.0. The summed E-state index contributed by atoms with van der Waals surface area (Å²) in [6.45, 7) is 2.86. The third-order valence-corrected chi connectivity index (χ3v) is 6.80. The predicted octanol–water partition coefficient (Wildman–Crippen LogP) is 4.50. The van der Waals surface area contributed by atoms with Crippen molar-refractivity contribution in [3.05, 3.63) is 69.1 Å². The molecule has 2 heterocycles. The summed E-state index contributed by atoms with van der Waals surface area (Å²) in [6, 6.07) is 14.4. The van der Waals surface area contributed by atoms with Gasteiger partial charge in [0.2, 0.25) is 15.9 Å². The summed E-state index contributed by atoms with van der Waals surface area (Å²) in [5.74, 6) is -1.19. The highest BCUT2D eigenvalue weighted by molar-refractivity contribution is 7.15. The van der Waals surface area contributed by atoms with Crippen LogP contribution in [0.1, 0.15) is 44.9 Å². The Hall–Kier alpha value is -3.30. The van der Waals surface area contributed by atoms with E-state index in [4.69, 9.17) is 11.6 Å². The first-order valence-electron chi connectivity index (χ1n) is 11.0. The molecule has 176 valence electrons. The third-order valence-electron chi connectivity index (χ3n) is 5.64. The zero-order valence-corrected chi connectivity index (χ0v) is 20.2. The molecule has 0 bridgehead atoms. The predicted molar refractivity (Wildman–Crippen MR) is 132 cm³/mol. The number of aryl methyl sites for hydroxylation is 1. The van der Waals surface area contributed by atoms with Crippen molar-refractivity contribution in [1.29, 1.82) is 0 Å². The minimum absolute atomic E-state index is 0.0841. The Morgan fingerprint density at radius 2 is 1.79 bits per heavy atom. The molecule has 1 aliphatic heterocycles. The van der Waals surface area contributed by atoms with Crippen LogP contribution in [0.2, 0.25) is 5.02 Å². The Morgan fingerprint density at radius 3 is 2.56 bits per heavy atom. The van der Waals surface area contributed by atoms with E-state index < -0.39 is 5.91 Å². The molecule has 0 saturated carbocycles. The average Bonchev–Trinajstić information content (AvgIpc) is 3.36. The molecule has 0 spiro atoms. The number of halogens is 1. The highest BCUT2D eigenvalue weighted by Crippen LogP contribution is 2.23. The van der Waals surface area contributed by atoms with Gasteiger partial charge in [-0.2, -0.15) is 0 Å². The van der Waals surface area contributed by atoms with Gasteiger partial charge in [0, 0.05) is 29.5 Å². The lowest BCUT2D eigenvalue weighted by molar-refractivity contribution is -0.121. The molecule has 1 saturated heterocycles. The van der Waals surface area contributed by atoms with Gasteiger partial charge in [-0.05, 0) is 55.2 Å². The number of nitrogens with zero attached hydrogens (tertiary/aromatic N) is 3. The molecule has 0 aliphatic carbocycles. The maximum Gasteiger partial charge on any atom is 0.286 e. The van der Waals surface area contributed by atoms with Crippen molar-refractivity contribution in [2.45, 2.75) is 26.2 Å². The SMILES string of the molecule is CCc1ccccc1NC(=O)[C@H]1CCCN(C(=O)c2nnc(C(=O)Nc3ccc(Cl)cc3)s2)C1. The highest BCUT2D eigenvalue weighted by atomic mass is 35.5. The molecule has 1 aliphatic rings. The van der Waals surface area contributed by atoms with Crippen molar-refractivity contribution in [2.24, 2.45) is 5.92 Å². The zero-order chi connectivity index (χ0) is 24.1. The quantitative estimate of drug-likeness (QED) is 0.522. The second-order valence-corrected chi connectivity index (χ2v) is 9.38. The van der Waals surface area contributed by atoms with Crippen LogP contribution in [-0.4, -0.2) is 45.9 Å². The zero-order valence-electron chi connectivity index (χ0n) is 18.6. The topological polar surface area (TPSA) is 104 Å². The molecule has 0 unspecified atom stereocenters. The molecule has 0 radical (unpaired) electrons. The summed E-state index contributed by atoms with van der Waals surface area (Å²) >= 11 is 6.79. The Balaban J connectivity index is 1.38. The van der Waals surface area contributed by atoms with Gasteiger partial charge in [0.05, 0.1) is 5.92 Å². The number of likely N-dealkylation sites (tertiary alicyclic amines) is 1. The highest BCUT2D eigenvalue weighted by Gasteiger charge is 2.31. The van der Waals surface area contributed by atoms with Gasteiger partial charge in [-0.25, -0.2) is 0 Å².